The van der Waals surface area contributed by atoms with Crippen molar-refractivity contribution in [1.82, 2.24) is 4.90 Å². The summed E-state index contributed by atoms with van der Waals surface area (Å²) in [7, 11) is 0. The van der Waals surface area contributed by atoms with Gasteiger partial charge in [-0.3, -0.25) is 4.79 Å². The molecule has 0 radical (unpaired) electrons. The van der Waals surface area contributed by atoms with Gasteiger partial charge in [-0.2, -0.15) is 0 Å². The summed E-state index contributed by atoms with van der Waals surface area (Å²) < 4.78 is 52.8. The van der Waals surface area contributed by atoms with E-state index < -0.39 is 30.3 Å². The predicted molar refractivity (Wildman–Crippen MR) is 62.3 cm³/mol. The van der Waals surface area contributed by atoms with Gasteiger partial charge >= 0.3 is 0 Å². The molecule has 19 heavy (non-hydrogen) atoms. The zero-order valence-corrected chi connectivity index (χ0v) is 11.0. The number of carbonyl (C=O) groups is 1. The van der Waals surface area contributed by atoms with Crippen LogP contribution in [0.1, 0.15) is 45.4 Å². The molecule has 1 saturated heterocycles. The van der Waals surface area contributed by atoms with Crippen molar-refractivity contribution < 1.29 is 22.4 Å². The lowest BCUT2D eigenvalue weighted by atomic mass is 9.85. The molecule has 6 heteroatoms. The highest BCUT2D eigenvalue weighted by atomic mass is 19.3. The van der Waals surface area contributed by atoms with Crippen molar-refractivity contribution in [3.8, 4) is 0 Å². The first-order valence-corrected chi connectivity index (χ1v) is 6.80. The van der Waals surface area contributed by atoms with Gasteiger partial charge in [0.25, 0.3) is 5.92 Å². The molecular formula is C13H19F4NO. The predicted octanol–water partition coefficient (Wildman–Crippen LogP) is 3.46. The number of likely N-dealkylation sites (tertiary alicyclic amines) is 1. The van der Waals surface area contributed by atoms with Gasteiger partial charge in [0.1, 0.15) is 0 Å². The van der Waals surface area contributed by atoms with E-state index in [2.05, 4.69) is 0 Å². The van der Waals surface area contributed by atoms with E-state index in [9.17, 15) is 22.4 Å². The van der Waals surface area contributed by atoms with Gasteiger partial charge in [-0.05, 0) is 19.3 Å². The van der Waals surface area contributed by atoms with Crippen LogP contribution >= 0.6 is 0 Å². The first-order chi connectivity index (χ1) is 8.74. The molecular weight excluding hydrogens is 262 g/mol. The second-order valence-electron chi connectivity index (χ2n) is 5.72. The number of alkyl halides is 4. The smallest absolute Gasteiger partial charge is 0.267 e. The van der Waals surface area contributed by atoms with E-state index in [4.69, 9.17) is 0 Å². The van der Waals surface area contributed by atoms with Crippen LogP contribution in [0, 0.1) is 5.92 Å². The van der Waals surface area contributed by atoms with Crippen molar-refractivity contribution in [2.75, 3.05) is 6.54 Å². The molecule has 0 bridgehead atoms. The van der Waals surface area contributed by atoms with Crippen molar-refractivity contribution >= 4 is 5.91 Å². The lowest BCUT2D eigenvalue weighted by Crippen LogP contribution is -2.42. The molecule has 1 amide bonds. The number of hydrogen-bond acceptors (Lipinski definition) is 1. The molecule has 0 aromatic heterocycles. The van der Waals surface area contributed by atoms with E-state index in [1.54, 1.807) is 6.92 Å². The molecule has 2 nitrogen and oxygen atoms in total. The lowest BCUT2D eigenvalue weighted by molar-refractivity contribution is -0.141. The fourth-order valence-electron chi connectivity index (χ4n) is 3.04. The molecule has 1 aliphatic carbocycles. The third-order valence-corrected chi connectivity index (χ3v) is 4.20. The van der Waals surface area contributed by atoms with Crippen LogP contribution in [0.15, 0.2) is 0 Å². The van der Waals surface area contributed by atoms with Gasteiger partial charge in [0.05, 0.1) is 6.54 Å². The van der Waals surface area contributed by atoms with E-state index in [-0.39, 0.29) is 38.0 Å². The Balaban J connectivity index is 2.00. The van der Waals surface area contributed by atoms with Crippen molar-refractivity contribution in [3.05, 3.63) is 0 Å². The highest BCUT2D eigenvalue weighted by molar-refractivity contribution is 5.79. The van der Waals surface area contributed by atoms with Crippen LogP contribution in [-0.2, 0) is 4.79 Å². The SMILES string of the molecule is CCC1CC(F)(F)CN1C(=O)C1CCC(F)(F)CC1. The highest BCUT2D eigenvalue weighted by Gasteiger charge is 2.48. The van der Waals surface area contributed by atoms with Crippen molar-refractivity contribution in [3.63, 3.8) is 0 Å². The molecule has 0 N–H and O–H groups in total. The van der Waals surface area contributed by atoms with Crippen LogP contribution < -0.4 is 0 Å². The summed E-state index contributed by atoms with van der Waals surface area (Å²) >= 11 is 0. The summed E-state index contributed by atoms with van der Waals surface area (Å²) in [5.41, 5.74) is 0. The fraction of sp³-hybridized carbons (Fsp3) is 0.923. The Morgan fingerprint density at radius 3 is 2.26 bits per heavy atom. The zero-order chi connectivity index (χ0) is 14.3. The first-order valence-electron chi connectivity index (χ1n) is 6.80. The third kappa shape index (κ3) is 3.20. The largest absolute Gasteiger partial charge is 0.333 e. The Labute approximate surface area is 110 Å². The number of halogens is 4. The Hall–Kier alpha value is -0.810. The Morgan fingerprint density at radius 1 is 1.16 bits per heavy atom. The van der Waals surface area contributed by atoms with Gasteiger partial charge in [-0.25, -0.2) is 17.6 Å². The molecule has 0 aromatic carbocycles. The standard InChI is InChI=1S/C13H19F4NO/c1-2-10-7-13(16,17)8-18(10)11(19)9-3-5-12(14,15)6-4-9/h9-10H,2-8H2,1H3. The molecule has 110 valence electrons. The maximum atomic E-state index is 13.4. The number of carbonyl (C=O) groups excluding carboxylic acids is 1. The van der Waals surface area contributed by atoms with E-state index in [0.29, 0.717) is 6.42 Å². The molecule has 0 spiro atoms. The van der Waals surface area contributed by atoms with Crippen molar-refractivity contribution in [2.24, 2.45) is 5.92 Å². The molecule has 1 aliphatic heterocycles. The summed E-state index contributed by atoms with van der Waals surface area (Å²) in [6, 6.07) is -0.454. The maximum Gasteiger partial charge on any atom is 0.267 e. The van der Waals surface area contributed by atoms with E-state index in [0.717, 1.165) is 0 Å². The number of rotatable bonds is 2. The first kappa shape index (κ1) is 14.6. The third-order valence-electron chi connectivity index (χ3n) is 4.20. The molecule has 2 aliphatic rings. The fourth-order valence-corrected chi connectivity index (χ4v) is 3.04. The van der Waals surface area contributed by atoms with E-state index in [1.807, 2.05) is 0 Å². The Kier molecular flexibility index (Phi) is 3.80. The van der Waals surface area contributed by atoms with E-state index >= 15 is 0 Å². The summed E-state index contributed by atoms with van der Waals surface area (Å²) in [5.74, 6) is -6.41. The highest BCUT2D eigenvalue weighted by Crippen LogP contribution is 2.40. The molecule has 2 fully saturated rings. The van der Waals surface area contributed by atoms with Crippen molar-refractivity contribution in [1.29, 1.82) is 0 Å². The minimum Gasteiger partial charge on any atom is -0.333 e. The quantitative estimate of drug-likeness (QED) is 0.710. The summed E-state index contributed by atoms with van der Waals surface area (Å²) in [6.45, 7) is 1.21. The van der Waals surface area contributed by atoms with E-state index in [1.165, 1.54) is 4.90 Å². The topological polar surface area (TPSA) is 20.3 Å². The van der Waals surface area contributed by atoms with Crippen LogP contribution in [0.4, 0.5) is 17.6 Å². The Bertz CT molecular complexity index is 349. The molecule has 1 unspecified atom stereocenters. The van der Waals surface area contributed by atoms with Gasteiger partial charge < -0.3 is 4.90 Å². The monoisotopic (exact) mass is 281 g/mol. The molecule has 1 saturated carbocycles. The minimum atomic E-state index is -2.84. The van der Waals surface area contributed by atoms with Gasteiger partial charge in [0, 0.05) is 31.2 Å². The number of nitrogens with zero attached hydrogens (tertiary/aromatic N) is 1. The summed E-state index contributed by atoms with van der Waals surface area (Å²) in [4.78, 5) is 13.4. The maximum absolute atomic E-state index is 13.4. The second-order valence-corrected chi connectivity index (χ2v) is 5.72. The van der Waals surface area contributed by atoms with Crippen LogP contribution in [0.3, 0.4) is 0 Å². The normalized spacial score (nSPS) is 30.6. The molecule has 1 atom stereocenters. The summed E-state index contributed by atoms with van der Waals surface area (Å²) in [5, 5.41) is 0. The number of amides is 1. The minimum absolute atomic E-state index is 0.102. The van der Waals surface area contributed by atoms with Crippen molar-refractivity contribution in [2.45, 2.75) is 63.3 Å². The summed E-state index contributed by atoms with van der Waals surface area (Å²) in [6.07, 6.45) is -0.258. The average Bonchev–Trinajstić information content (AvgIpc) is 2.64. The average molecular weight is 281 g/mol. The molecule has 2 rings (SSSR count). The van der Waals surface area contributed by atoms with Gasteiger partial charge in [0.2, 0.25) is 11.8 Å². The van der Waals surface area contributed by atoms with Gasteiger partial charge in [-0.15, -0.1) is 0 Å². The second kappa shape index (κ2) is 4.94. The zero-order valence-electron chi connectivity index (χ0n) is 11.0. The number of hydrogen-bond donors (Lipinski definition) is 0. The van der Waals surface area contributed by atoms with Crippen LogP contribution in [0.2, 0.25) is 0 Å². The van der Waals surface area contributed by atoms with Crippen LogP contribution in [0.5, 0.6) is 0 Å². The van der Waals surface area contributed by atoms with Gasteiger partial charge in [0.15, 0.2) is 0 Å². The molecule has 1 heterocycles. The molecule has 0 aromatic rings. The lowest BCUT2D eigenvalue weighted by Gasteiger charge is -2.32. The van der Waals surface area contributed by atoms with Crippen LogP contribution in [0.25, 0.3) is 0 Å². The van der Waals surface area contributed by atoms with Crippen LogP contribution in [-0.4, -0.2) is 35.2 Å². The van der Waals surface area contributed by atoms with Gasteiger partial charge in [-0.1, -0.05) is 6.92 Å². The Morgan fingerprint density at radius 2 is 1.74 bits per heavy atom.